The maximum absolute atomic E-state index is 12.8. The summed E-state index contributed by atoms with van der Waals surface area (Å²) in [6, 6.07) is 0. The molecule has 42 heavy (non-hydrogen) atoms. The van der Waals surface area contributed by atoms with Gasteiger partial charge in [0.05, 0.1) is 31.8 Å². The van der Waals surface area contributed by atoms with E-state index in [9.17, 15) is 14.4 Å². The van der Waals surface area contributed by atoms with Gasteiger partial charge in [-0.1, -0.05) is 156 Å². The highest BCUT2D eigenvalue weighted by Crippen LogP contribution is 2.13. The zero-order valence-electron chi connectivity index (χ0n) is 27.8. The summed E-state index contributed by atoms with van der Waals surface area (Å²) < 4.78 is 16.1. The third kappa shape index (κ3) is 28.3. The minimum Gasteiger partial charge on any atom is -0.465 e. The van der Waals surface area contributed by atoms with Gasteiger partial charge >= 0.3 is 17.9 Å². The third-order valence-electron chi connectivity index (χ3n) is 7.62. The number of carbonyl (C=O) groups is 3. The second kappa shape index (κ2) is 32.1. The molecule has 0 amide bonds. The van der Waals surface area contributed by atoms with E-state index in [0.29, 0.717) is 13.2 Å². The van der Waals surface area contributed by atoms with E-state index in [1.807, 2.05) is 0 Å². The minimum atomic E-state index is -0.633. The summed E-state index contributed by atoms with van der Waals surface area (Å²) in [7, 11) is 0. The van der Waals surface area contributed by atoms with E-state index in [2.05, 4.69) is 20.8 Å². The molecular formula is C36H66O6. The lowest BCUT2D eigenvalue weighted by Gasteiger charge is -2.10. The van der Waals surface area contributed by atoms with Gasteiger partial charge < -0.3 is 14.2 Å². The van der Waals surface area contributed by atoms with E-state index in [1.54, 1.807) is 0 Å². The third-order valence-corrected chi connectivity index (χ3v) is 7.62. The van der Waals surface area contributed by atoms with Gasteiger partial charge in [-0.2, -0.15) is 0 Å². The maximum Gasteiger partial charge on any atom is 0.334 e. The maximum atomic E-state index is 12.8. The predicted molar refractivity (Wildman–Crippen MR) is 173 cm³/mol. The fraction of sp³-hybridized carbons (Fsp3) is 0.861. The molecule has 0 N–H and O–H groups in total. The average Bonchev–Trinajstić information content (AvgIpc) is 2.98. The van der Waals surface area contributed by atoms with Crippen molar-refractivity contribution in [3.05, 3.63) is 11.6 Å². The molecule has 0 saturated heterocycles. The Kier molecular flexibility index (Phi) is 30.7. The Balaban J connectivity index is 4.51. The summed E-state index contributed by atoms with van der Waals surface area (Å²) in [5.41, 5.74) is 0.0106. The highest BCUT2D eigenvalue weighted by atomic mass is 16.5. The lowest BCUT2D eigenvalue weighted by molar-refractivity contribution is -0.146. The van der Waals surface area contributed by atoms with Gasteiger partial charge in [-0.3, -0.25) is 4.79 Å². The lowest BCUT2D eigenvalue weighted by atomic mass is 10.1. The summed E-state index contributed by atoms with van der Waals surface area (Å²) in [6.45, 7) is 7.57. The molecule has 0 aliphatic rings. The van der Waals surface area contributed by atoms with Gasteiger partial charge in [0.2, 0.25) is 0 Å². The van der Waals surface area contributed by atoms with Crippen LogP contribution < -0.4 is 0 Å². The monoisotopic (exact) mass is 594 g/mol. The van der Waals surface area contributed by atoms with Crippen LogP contribution in [0.5, 0.6) is 0 Å². The van der Waals surface area contributed by atoms with Crippen LogP contribution in [0.3, 0.4) is 0 Å². The van der Waals surface area contributed by atoms with Gasteiger partial charge in [0.15, 0.2) is 0 Å². The number of hydrogen-bond acceptors (Lipinski definition) is 6. The molecule has 0 aromatic carbocycles. The number of rotatable bonds is 31. The van der Waals surface area contributed by atoms with E-state index < -0.39 is 17.9 Å². The molecule has 246 valence electrons. The standard InChI is InChI=1S/C36H66O6/c1-4-7-10-13-16-19-22-25-28-40-34(37)31-33(36(39)42-30-27-24-21-18-15-12-9-6-3)32-35(38)41-29-26-23-20-17-14-11-8-5-2/h31H,4-30,32H2,1-3H3/b33-31-. The molecule has 0 spiro atoms. The highest BCUT2D eigenvalue weighted by Gasteiger charge is 2.19. The Hall–Kier alpha value is -1.85. The van der Waals surface area contributed by atoms with Crippen molar-refractivity contribution in [1.82, 2.24) is 0 Å². The molecule has 0 aromatic rings. The quantitative estimate of drug-likeness (QED) is 0.0344. The number of unbranched alkanes of at least 4 members (excludes halogenated alkanes) is 21. The van der Waals surface area contributed by atoms with Crippen molar-refractivity contribution in [2.75, 3.05) is 19.8 Å². The zero-order chi connectivity index (χ0) is 30.9. The molecule has 6 heteroatoms. The van der Waals surface area contributed by atoms with Crippen molar-refractivity contribution in [2.45, 2.75) is 181 Å². The molecule has 0 rings (SSSR count). The van der Waals surface area contributed by atoms with E-state index in [4.69, 9.17) is 14.2 Å². The summed E-state index contributed by atoms with van der Waals surface area (Å²) in [4.78, 5) is 37.7. The van der Waals surface area contributed by atoms with Crippen LogP contribution in [0.15, 0.2) is 11.6 Å². The predicted octanol–water partition coefficient (Wildman–Crippen LogP) is 10.4. The number of hydrogen-bond donors (Lipinski definition) is 0. The molecule has 0 aliphatic carbocycles. The number of ether oxygens (including phenoxy) is 3. The van der Waals surface area contributed by atoms with Crippen molar-refractivity contribution in [2.24, 2.45) is 0 Å². The summed E-state index contributed by atoms with van der Waals surface area (Å²) in [6.07, 6.45) is 28.5. The first-order valence-electron chi connectivity index (χ1n) is 17.7. The Labute approximate surface area is 259 Å². The topological polar surface area (TPSA) is 78.9 Å². The number of carbonyl (C=O) groups excluding carboxylic acids is 3. The molecular weight excluding hydrogens is 528 g/mol. The molecule has 0 bridgehead atoms. The van der Waals surface area contributed by atoms with Crippen LogP contribution in [0.2, 0.25) is 0 Å². The first-order chi connectivity index (χ1) is 20.5. The highest BCUT2D eigenvalue weighted by molar-refractivity contribution is 5.99. The van der Waals surface area contributed by atoms with Crippen LogP contribution in [0, 0.1) is 0 Å². The van der Waals surface area contributed by atoms with Crippen LogP contribution in [-0.4, -0.2) is 37.7 Å². The molecule has 0 saturated carbocycles. The van der Waals surface area contributed by atoms with Gasteiger partial charge in [0.1, 0.15) is 0 Å². The SMILES string of the molecule is CCCCCCCCCCOC(=O)/C=C(/CC(=O)OCCCCCCCCCC)C(=O)OCCCCCCCCCC. The van der Waals surface area contributed by atoms with Gasteiger partial charge in [-0.15, -0.1) is 0 Å². The largest absolute Gasteiger partial charge is 0.465 e. The van der Waals surface area contributed by atoms with E-state index >= 15 is 0 Å². The van der Waals surface area contributed by atoms with Gasteiger partial charge in [0, 0.05) is 6.08 Å². The molecule has 0 unspecified atom stereocenters. The fourth-order valence-corrected chi connectivity index (χ4v) is 4.90. The first-order valence-corrected chi connectivity index (χ1v) is 17.7. The zero-order valence-corrected chi connectivity index (χ0v) is 27.8. The van der Waals surface area contributed by atoms with Crippen LogP contribution in [0.25, 0.3) is 0 Å². The van der Waals surface area contributed by atoms with Crippen LogP contribution in [0.4, 0.5) is 0 Å². The molecule has 6 nitrogen and oxygen atoms in total. The average molecular weight is 595 g/mol. The van der Waals surface area contributed by atoms with Crippen molar-refractivity contribution in [3.63, 3.8) is 0 Å². The Morgan fingerprint density at radius 2 is 0.762 bits per heavy atom. The summed E-state index contributed by atoms with van der Waals surface area (Å²) in [5, 5.41) is 0. The van der Waals surface area contributed by atoms with Crippen molar-refractivity contribution < 1.29 is 28.6 Å². The van der Waals surface area contributed by atoms with Gasteiger partial charge in [0.25, 0.3) is 0 Å². The van der Waals surface area contributed by atoms with Crippen molar-refractivity contribution in [3.8, 4) is 0 Å². The van der Waals surface area contributed by atoms with Crippen molar-refractivity contribution >= 4 is 17.9 Å². The lowest BCUT2D eigenvalue weighted by Crippen LogP contribution is -2.17. The fourth-order valence-electron chi connectivity index (χ4n) is 4.90. The molecule has 0 heterocycles. The Morgan fingerprint density at radius 3 is 1.17 bits per heavy atom. The molecule has 0 aromatic heterocycles. The molecule has 0 atom stereocenters. The summed E-state index contributed by atoms with van der Waals surface area (Å²) in [5.74, 6) is -1.75. The smallest absolute Gasteiger partial charge is 0.334 e. The Bertz CT molecular complexity index is 672. The van der Waals surface area contributed by atoms with Crippen LogP contribution in [0.1, 0.15) is 181 Å². The van der Waals surface area contributed by atoms with E-state index in [0.717, 1.165) is 63.9 Å². The Morgan fingerprint density at radius 1 is 0.429 bits per heavy atom. The van der Waals surface area contributed by atoms with Crippen LogP contribution >= 0.6 is 0 Å². The summed E-state index contributed by atoms with van der Waals surface area (Å²) >= 11 is 0. The molecule has 0 aliphatic heterocycles. The van der Waals surface area contributed by atoms with Crippen molar-refractivity contribution in [1.29, 1.82) is 0 Å². The van der Waals surface area contributed by atoms with E-state index in [1.165, 1.54) is 96.3 Å². The molecule has 0 radical (unpaired) electrons. The second-order valence-corrected chi connectivity index (χ2v) is 11.8. The second-order valence-electron chi connectivity index (χ2n) is 11.8. The van der Waals surface area contributed by atoms with Crippen LogP contribution in [-0.2, 0) is 28.6 Å². The first kappa shape index (κ1) is 40.1. The minimum absolute atomic E-state index is 0.0106. The molecule has 0 fully saturated rings. The van der Waals surface area contributed by atoms with E-state index in [-0.39, 0.29) is 18.6 Å². The van der Waals surface area contributed by atoms with Gasteiger partial charge in [-0.05, 0) is 19.3 Å². The normalized spacial score (nSPS) is 11.5. The number of esters is 3. The van der Waals surface area contributed by atoms with Gasteiger partial charge in [-0.25, -0.2) is 9.59 Å².